The summed E-state index contributed by atoms with van der Waals surface area (Å²) in [5.74, 6) is -0.885. The van der Waals surface area contributed by atoms with Crippen molar-refractivity contribution in [2.45, 2.75) is 18.9 Å². The molecule has 1 aliphatic rings. The van der Waals surface area contributed by atoms with Gasteiger partial charge in [-0.25, -0.2) is 4.39 Å². The Morgan fingerprint density at radius 3 is 2.72 bits per heavy atom. The first-order valence-corrected chi connectivity index (χ1v) is 8.60. The maximum absolute atomic E-state index is 14.4. The fourth-order valence-electron chi connectivity index (χ4n) is 3.18. The van der Waals surface area contributed by atoms with E-state index in [2.05, 4.69) is 10.2 Å². The van der Waals surface area contributed by atoms with E-state index in [0.29, 0.717) is 15.3 Å². The average molecular weight is 364 g/mol. The molecule has 1 aromatic carbocycles. The van der Waals surface area contributed by atoms with Gasteiger partial charge in [0.05, 0.1) is 6.04 Å². The normalized spacial score (nSPS) is 15.9. The average Bonchev–Trinajstić information content (AvgIpc) is 3.12. The summed E-state index contributed by atoms with van der Waals surface area (Å²) < 4.78 is 14.9. The van der Waals surface area contributed by atoms with Gasteiger partial charge in [0.25, 0.3) is 5.69 Å². The van der Waals surface area contributed by atoms with E-state index in [-0.39, 0.29) is 18.3 Å². The van der Waals surface area contributed by atoms with Gasteiger partial charge in [-0.05, 0) is 44.1 Å². The zero-order chi connectivity index (χ0) is 17.8. The molecule has 1 saturated heterocycles. The number of rotatable bonds is 5. The summed E-state index contributed by atoms with van der Waals surface area (Å²) in [6.45, 7) is 1.81. The fraction of sp³-hybridized carbons (Fsp3) is 0.333. The number of carbonyl (C=O) groups is 1. The maximum Gasteiger partial charge on any atom is 0.317 e. The van der Waals surface area contributed by atoms with E-state index in [1.54, 1.807) is 24.3 Å². The highest BCUT2D eigenvalue weighted by Gasteiger charge is 2.28. The van der Waals surface area contributed by atoms with Crippen molar-refractivity contribution in [3.63, 3.8) is 0 Å². The molecule has 1 aromatic heterocycles. The van der Waals surface area contributed by atoms with Crippen molar-refractivity contribution in [2.24, 2.45) is 0 Å². The highest BCUT2D eigenvalue weighted by molar-refractivity contribution is 6.31. The molecule has 2 aromatic rings. The van der Waals surface area contributed by atoms with E-state index in [0.717, 1.165) is 25.9 Å². The lowest BCUT2D eigenvalue weighted by Crippen LogP contribution is -2.42. The zero-order valence-corrected chi connectivity index (χ0v) is 14.4. The van der Waals surface area contributed by atoms with E-state index < -0.39 is 11.7 Å². The molecule has 132 valence electrons. The molecule has 3 rings (SSSR count). The van der Waals surface area contributed by atoms with Crippen molar-refractivity contribution < 1.29 is 13.9 Å². The lowest BCUT2D eigenvalue weighted by atomic mass is 10.0. The van der Waals surface area contributed by atoms with Crippen LogP contribution in [0.4, 0.5) is 4.39 Å². The highest BCUT2D eigenvalue weighted by Crippen LogP contribution is 2.31. The molecule has 1 unspecified atom stereocenters. The van der Waals surface area contributed by atoms with Gasteiger partial charge in [-0.1, -0.05) is 17.7 Å². The van der Waals surface area contributed by atoms with Crippen LogP contribution in [0.1, 0.15) is 34.9 Å². The summed E-state index contributed by atoms with van der Waals surface area (Å²) in [6, 6.07) is 8.82. The predicted molar refractivity (Wildman–Crippen MR) is 92.7 cm³/mol. The van der Waals surface area contributed by atoms with Crippen LogP contribution in [0.5, 0.6) is 0 Å². The van der Waals surface area contributed by atoms with Crippen molar-refractivity contribution in [3.8, 4) is 0 Å². The van der Waals surface area contributed by atoms with Gasteiger partial charge in [-0.3, -0.25) is 9.69 Å². The van der Waals surface area contributed by atoms with E-state index in [4.69, 9.17) is 11.6 Å². The molecule has 1 atom stereocenters. The molecule has 1 amide bonds. The zero-order valence-electron chi connectivity index (χ0n) is 13.6. The van der Waals surface area contributed by atoms with Crippen LogP contribution >= 0.6 is 11.6 Å². The molecule has 0 radical (unpaired) electrons. The Bertz CT molecular complexity index is 745. The standard InChI is InChI=1S/C18H19ClFN3O2/c19-13-6-5-7-14(20)17(13)16(22-9-3-4-10-22)12-21-18(24)15-8-1-2-11-23(15)25/h1-2,5-8,11,16H,3-4,9-10,12H2,(H,21,24). The van der Waals surface area contributed by atoms with Crippen molar-refractivity contribution in [2.75, 3.05) is 19.6 Å². The number of pyridine rings is 1. The van der Waals surface area contributed by atoms with Crippen molar-refractivity contribution >= 4 is 17.5 Å². The smallest absolute Gasteiger partial charge is 0.317 e. The molecule has 0 aliphatic carbocycles. The molecule has 0 saturated carbocycles. The first kappa shape index (κ1) is 17.6. The summed E-state index contributed by atoms with van der Waals surface area (Å²) in [5.41, 5.74) is 0.386. The molecule has 25 heavy (non-hydrogen) atoms. The van der Waals surface area contributed by atoms with Crippen molar-refractivity contribution in [3.05, 3.63) is 69.9 Å². The van der Waals surface area contributed by atoms with Gasteiger partial charge in [0.15, 0.2) is 6.20 Å². The van der Waals surface area contributed by atoms with E-state index in [9.17, 15) is 14.4 Å². The number of hydrogen-bond donors (Lipinski definition) is 1. The summed E-state index contributed by atoms with van der Waals surface area (Å²) in [7, 11) is 0. The number of aromatic nitrogens is 1. The van der Waals surface area contributed by atoms with Crippen LogP contribution in [0.15, 0.2) is 42.6 Å². The Labute approximate surface area is 150 Å². The minimum Gasteiger partial charge on any atom is -0.618 e. The van der Waals surface area contributed by atoms with Gasteiger partial charge in [-0.2, -0.15) is 4.73 Å². The number of benzene rings is 1. The Balaban J connectivity index is 1.81. The van der Waals surface area contributed by atoms with Gasteiger partial charge in [0, 0.05) is 29.3 Å². The van der Waals surface area contributed by atoms with Crippen molar-refractivity contribution in [1.82, 2.24) is 10.2 Å². The quantitative estimate of drug-likeness (QED) is 0.656. The second kappa shape index (κ2) is 7.80. The van der Waals surface area contributed by atoms with E-state index in [1.807, 2.05) is 0 Å². The van der Waals surface area contributed by atoms with Gasteiger partial charge in [0.2, 0.25) is 0 Å². The molecule has 7 heteroatoms. The SMILES string of the molecule is O=C(NCC(c1c(F)cccc1Cl)N1CCCC1)c1cccc[n+]1[O-]. The summed E-state index contributed by atoms with van der Waals surface area (Å²) in [5, 5.41) is 14.8. The van der Waals surface area contributed by atoms with Crippen LogP contribution in [-0.4, -0.2) is 30.4 Å². The Kier molecular flexibility index (Phi) is 5.50. The maximum atomic E-state index is 14.4. The van der Waals surface area contributed by atoms with Gasteiger partial charge in [0.1, 0.15) is 5.82 Å². The summed E-state index contributed by atoms with van der Waals surface area (Å²) in [4.78, 5) is 14.4. The van der Waals surface area contributed by atoms with E-state index >= 15 is 0 Å². The minimum atomic E-state index is -0.493. The van der Waals surface area contributed by atoms with Crippen LogP contribution < -0.4 is 10.0 Å². The molecule has 1 fully saturated rings. The molecule has 1 aliphatic heterocycles. The van der Waals surface area contributed by atoms with Crippen LogP contribution in [0, 0.1) is 11.0 Å². The Morgan fingerprint density at radius 2 is 2.04 bits per heavy atom. The summed E-state index contributed by atoms with van der Waals surface area (Å²) >= 11 is 6.23. The number of carbonyl (C=O) groups excluding carboxylic acids is 1. The number of hydrogen-bond acceptors (Lipinski definition) is 3. The summed E-state index contributed by atoms with van der Waals surface area (Å²) in [6.07, 6.45) is 3.31. The molecular formula is C18H19ClFN3O2. The third kappa shape index (κ3) is 3.91. The minimum absolute atomic E-state index is 0.00213. The molecule has 1 N–H and O–H groups in total. The van der Waals surface area contributed by atoms with Crippen LogP contribution in [0.25, 0.3) is 0 Å². The topological polar surface area (TPSA) is 59.3 Å². The second-order valence-electron chi connectivity index (χ2n) is 6.02. The lowest BCUT2D eigenvalue weighted by Gasteiger charge is -2.29. The predicted octanol–water partition coefficient (Wildman–Crippen LogP) is 2.68. The third-order valence-electron chi connectivity index (χ3n) is 4.43. The monoisotopic (exact) mass is 363 g/mol. The van der Waals surface area contributed by atoms with Gasteiger partial charge < -0.3 is 10.5 Å². The van der Waals surface area contributed by atoms with Crippen LogP contribution in [0.2, 0.25) is 5.02 Å². The van der Waals surface area contributed by atoms with Crippen LogP contribution in [0.3, 0.4) is 0 Å². The molecule has 0 spiro atoms. The number of nitrogens with zero attached hydrogens (tertiary/aromatic N) is 2. The molecule has 2 heterocycles. The lowest BCUT2D eigenvalue weighted by molar-refractivity contribution is -0.607. The Hall–Kier alpha value is -2.18. The first-order valence-electron chi connectivity index (χ1n) is 8.22. The highest BCUT2D eigenvalue weighted by atomic mass is 35.5. The van der Waals surface area contributed by atoms with E-state index in [1.165, 1.54) is 18.3 Å². The number of amides is 1. The largest absolute Gasteiger partial charge is 0.618 e. The second-order valence-corrected chi connectivity index (χ2v) is 6.42. The van der Waals surface area contributed by atoms with Crippen molar-refractivity contribution in [1.29, 1.82) is 0 Å². The molecule has 0 bridgehead atoms. The van der Waals surface area contributed by atoms with Gasteiger partial charge >= 0.3 is 5.91 Å². The molecule has 5 nitrogen and oxygen atoms in total. The van der Waals surface area contributed by atoms with Gasteiger partial charge in [-0.15, -0.1) is 0 Å². The number of halogens is 2. The third-order valence-corrected chi connectivity index (χ3v) is 4.76. The first-order chi connectivity index (χ1) is 12.1. The Morgan fingerprint density at radius 1 is 1.28 bits per heavy atom. The molecular weight excluding hydrogens is 345 g/mol. The fourth-order valence-corrected chi connectivity index (χ4v) is 3.47. The number of likely N-dealkylation sites (tertiary alicyclic amines) is 1. The van der Waals surface area contributed by atoms with Crippen LogP contribution in [-0.2, 0) is 0 Å². The number of nitrogens with one attached hydrogen (secondary N) is 1.